The van der Waals surface area contributed by atoms with Gasteiger partial charge in [-0.1, -0.05) is 135 Å². The lowest BCUT2D eigenvalue weighted by Crippen LogP contribution is -2.43. The van der Waals surface area contributed by atoms with Gasteiger partial charge in [-0.3, -0.25) is 19.2 Å². The number of unbranched alkanes of at least 4 members (excludes halogenated alkanes) is 2. The summed E-state index contributed by atoms with van der Waals surface area (Å²) in [5, 5.41) is 32.1. The SMILES string of the molecule is C.CN(C)C=Nc1cnc(-c2cccc(CO)c2)nc1.CN(C)C=Nc1cnc(-c2cccc(Cn3nc(-c4ccc(S(C)(=O)=O)cc4)ccc3=O)c2)nc1.CS(=O)(=O)c1ccc(-c2ccc(=O)[nH]n2)cc1.CS(=O)(=O)c1ccc(-c2ccc(=O)n(Cc3cccc(-c4ncc(N)cn4)c3)n2)cc1.CS(=O)(=O)c1ccc(-c2ccc(=O)n(Cc3cccc(-c4ncc(N5CCNCC5)cn4)c3)n2)cc1.Cl.ClCCCCCCl. The van der Waals surface area contributed by atoms with Gasteiger partial charge in [0.25, 0.3) is 22.2 Å². The van der Waals surface area contributed by atoms with Gasteiger partial charge in [0.2, 0.25) is 0 Å². The van der Waals surface area contributed by atoms with Crippen molar-refractivity contribution in [3.63, 3.8) is 0 Å². The Bertz CT molecular complexity index is 7880. The topological polar surface area (TPSA) is 483 Å². The van der Waals surface area contributed by atoms with E-state index in [4.69, 9.17) is 34.0 Å². The number of H-pyrrole nitrogens is 1. The number of nitrogens with two attached hydrogens (primary N) is 1. The molecule has 0 unspecified atom stereocenters. The second-order valence-electron chi connectivity index (χ2n) is 33.3. The van der Waals surface area contributed by atoms with Gasteiger partial charge in [-0.25, -0.2) is 103 Å². The summed E-state index contributed by atoms with van der Waals surface area (Å²) in [6, 6.07) is 68.2. The Balaban J connectivity index is 0.000000189. The lowest BCUT2D eigenvalue weighted by atomic mass is 10.1. The Morgan fingerprint density at radius 3 is 0.966 bits per heavy atom. The lowest BCUT2D eigenvalue weighted by molar-refractivity contribution is 0.282. The van der Waals surface area contributed by atoms with Crippen molar-refractivity contribution in [2.45, 2.75) is 72.5 Å². The van der Waals surface area contributed by atoms with Crippen LogP contribution in [0.3, 0.4) is 0 Å². The standard InChI is InChI=1S/C26H26N6O3S.C25H24N6O3S.C22H19N5O3S.C14H16N4O.C11H10N2O3S.C5H10Cl2.CH4.ClH/c1-36(34,35)23-7-5-20(6-8-23)24-9-10-25(33)32(30-24)18-19-3-2-4-21(15-19)26-28-16-22(17-29-26)31-13-11-27-12-14-31;1-30(2)17-28-21-14-26-25(27-15-21)20-6-4-5-18(13-20)16-31-24(32)12-11-23(29-31)19-7-9-22(10-8-19)35(3,33)34;1-31(29,30)19-7-5-16(6-8-19)20-9-10-21(28)27(26-20)14-15-3-2-4-17(11-15)22-24-12-18(23)13-25-22;1-18(2)10-17-13-7-15-14(16-8-13)12-5-3-4-11(6-12)9-19;1-17(15,16)9-4-2-8(3-5-9)10-6-7-11(14)13-12-10;6-4-2-1-3-5-7;;/h2-10,15-17,27H,11-14,18H2,1H3;4-15,17H,16H2,1-3H3;2-13H,14,23H2,1H3;3-8,10,19H,9H2,1-2H3;2-7H,1H3,(H,13,14);1-5H2;1H4;1H. The molecule has 0 atom stereocenters. The van der Waals surface area contributed by atoms with Crippen LogP contribution in [0.4, 0.5) is 22.7 Å². The van der Waals surface area contributed by atoms with E-state index in [2.05, 4.69) is 85.6 Å². The van der Waals surface area contributed by atoms with Crippen LogP contribution in [0.5, 0.6) is 0 Å². The molecular weight excluding hydrogens is 2010 g/mol. The average Bonchev–Trinajstić information content (AvgIpc) is 0.816. The number of aliphatic imine (C=N–C) groups is 2. The number of aliphatic hydroxyl groups is 1. The molecule has 36 nitrogen and oxygen atoms in total. The number of hydrogen-bond donors (Lipinski definition) is 4. The third-order valence-electron chi connectivity index (χ3n) is 21.2. The fraction of sp³-hybridized carbons (Fsp3) is 0.212. The van der Waals surface area contributed by atoms with Crippen molar-refractivity contribution in [1.82, 2.24) is 94.5 Å². The van der Waals surface area contributed by atoms with Crippen LogP contribution in [0, 0.1) is 0 Å². The van der Waals surface area contributed by atoms with Crippen LogP contribution < -0.4 is 38.2 Å². The quantitative estimate of drug-likeness (QED) is 0.0153. The number of nitrogens with one attached hydrogen (secondary N) is 2. The Labute approximate surface area is 868 Å². The number of sulfone groups is 4. The summed E-state index contributed by atoms with van der Waals surface area (Å²) < 4.78 is 96.8. The maximum absolute atomic E-state index is 12.5. The molecule has 8 aromatic heterocycles. The highest BCUT2D eigenvalue weighted by atomic mass is 35.5. The molecule has 1 aliphatic heterocycles. The fourth-order valence-corrected chi connectivity index (χ4v) is 16.6. The maximum Gasteiger partial charge on any atom is 0.267 e. The van der Waals surface area contributed by atoms with E-state index in [1.807, 2.05) is 147 Å². The van der Waals surface area contributed by atoms with Crippen molar-refractivity contribution in [2.24, 2.45) is 9.98 Å². The highest BCUT2D eigenvalue weighted by Gasteiger charge is 2.19. The molecule has 0 saturated carbocycles. The predicted molar refractivity (Wildman–Crippen MR) is 580 cm³/mol. The average molecular weight is 2120 g/mol. The zero-order chi connectivity index (χ0) is 104. The molecule has 0 amide bonds. The normalized spacial score (nSPS) is 11.8. The molecule has 9 heterocycles. The van der Waals surface area contributed by atoms with Crippen molar-refractivity contribution in [3.8, 4) is 90.6 Å². The molecule has 43 heteroatoms. The molecule has 1 saturated heterocycles. The summed E-state index contributed by atoms with van der Waals surface area (Å²) in [6.07, 6.45) is 24.8. The van der Waals surface area contributed by atoms with Gasteiger partial charge in [-0.2, -0.15) is 20.4 Å². The van der Waals surface area contributed by atoms with E-state index >= 15 is 0 Å². The van der Waals surface area contributed by atoms with Crippen molar-refractivity contribution in [1.29, 1.82) is 0 Å². The number of aromatic amines is 1. The van der Waals surface area contributed by atoms with Gasteiger partial charge in [0.15, 0.2) is 62.6 Å². The van der Waals surface area contributed by atoms with Crippen molar-refractivity contribution in [2.75, 3.05) is 102 Å². The molecule has 16 aromatic rings. The summed E-state index contributed by atoms with van der Waals surface area (Å²) in [4.78, 5) is 98.5. The zero-order valence-corrected chi connectivity index (χ0v) is 86.3. The number of benzene rings is 8. The number of anilines is 2. The number of nitrogen functional groups attached to an aromatic ring is 1. The zero-order valence-electron chi connectivity index (χ0n) is 80.7. The van der Waals surface area contributed by atoms with E-state index < -0.39 is 39.3 Å². The van der Waals surface area contributed by atoms with Crippen LogP contribution in [0.1, 0.15) is 48.9 Å². The van der Waals surface area contributed by atoms with Crippen molar-refractivity contribution < 1.29 is 38.8 Å². The first kappa shape index (κ1) is 114. The van der Waals surface area contributed by atoms with E-state index in [0.717, 1.165) is 131 Å². The molecule has 0 spiro atoms. The number of aliphatic hydroxyl groups excluding tert-OH is 1. The largest absolute Gasteiger partial charge is 0.396 e. The Kier molecular flexibility index (Phi) is 41.8. The molecule has 5 N–H and O–H groups in total. The predicted octanol–water partition coefficient (Wildman–Crippen LogP) is 14.1. The third-order valence-corrected chi connectivity index (χ3v) is 26.3. The number of halogens is 3. The Morgan fingerprint density at radius 1 is 0.381 bits per heavy atom. The van der Waals surface area contributed by atoms with Gasteiger partial charge in [0.05, 0.1) is 142 Å². The second-order valence-corrected chi connectivity index (χ2v) is 42.1. The number of aromatic nitrogens is 16. The van der Waals surface area contributed by atoms with E-state index in [1.54, 1.807) is 135 Å². The minimum Gasteiger partial charge on any atom is -0.396 e. The molecule has 8 aromatic carbocycles. The number of rotatable bonds is 28. The number of alkyl halides is 2. The number of nitrogens with zero attached hydrogens (tertiary/aromatic N) is 20. The van der Waals surface area contributed by atoms with Gasteiger partial charge < -0.3 is 30.9 Å². The van der Waals surface area contributed by atoms with E-state index in [0.29, 0.717) is 74.3 Å². The first-order valence-electron chi connectivity index (χ1n) is 45.0. The second kappa shape index (κ2) is 54.1. The van der Waals surface area contributed by atoms with Crippen LogP contribution in [-0.4, -0.2) is 232 Å². The molecular formula is C104H110Cl3N23O13S4. The molecule has 1 fully saturated rings. The van der Waals surface area contributed by atoms with Crippen LogP contribution >= 0.6 is 35.6 Å². The smallest absolute Gasteiger partial charge is 0.267 e. The summed E-state index contributed by atoms with van der Waals surface area (Å²) in [6.45, 7) is 4.57. The highest BCUT2D eigenvalue weighted by molar-refractivity contribution is 7.91. The maximum atomic E-state index is 12.5. The summed E-state index contributed by atoms with van der Waals surface area (Å²) in [5.41, 5.74) is 19.5. The molecule has 17 rings (SSSR count). The first-order valence-corrected chi connectivity index (χ1v) is 53.6. The van der Waals surface area contributed by atoms with Gasteiger partial charge in [-0.05, 0) is 132 Å². The molecule has 764 valence electrons. The number of hydrogen-bond acceptors (Lipinski definition) is 30. The Morgan fingerprint density at radius 2 is 0.673 bits per heavy atom. The Hall–Kier alpha value is -15.3. The highest BCUT2D eigenvalue weighted by Crippen LogP contribution is 2.28. The van der Waals surface area contributed by atoms with Crippen molar-refractivity contribution in [3.05, 3.63) is 356 Å². The molecule has 147 heavy (non-hydrogen) atoms. The fourth-order valence-electron chi connectivity index (χ4n) is 13.7. The van der Waals surface area contributed by atoms with Crippen molar-refractivity contribution >= 4 is 110 Å². The molecule has 0 aliphatic carbocycles. The van der Waals surface area contributed by atoms with Crippen LogP contribution in [0.15, 0.2) is 341 Å². The van der Waals surface area contributed by atoms with Crippen LogP contribution in [0.25, 0.3) is 90.6 Å². The summed E-state index contributed by atoms with van der Waals surface area (Å²) in [5.74, 6) is 3.88. The van der Waals surface area contributed by atoms with Crippen LogP contribution in [0.2, 0.25) is 0 Å². The lowest BCUT2D eigenvalue weighted by Gasteiger charge is -2.28. The monoisotopic (exact) mass is 2120 g/mol. The summed E-state index contributed by atoms with van der Waals surface area (Å²) in [7, 11) is -5.47. The van der Waals surface area contributed by atoms with E-state index in [-0.39, 0.29) is 87.9 Å². The van der Waals surface area contributed by atoms with E-state index in [1.165, 1.54) is 87.4 Å². The minimum atomic E-state index is -3.29. The van der Waals surface area contributed by atoms with Crippen LogP contribution in [-0.2, 0) is 65.6 Å². The molecule has 1 aliphatic rings. The minimum absolute atomic E-state index is 0. The molecule has 0 bridgehead atoms. The van der Waals surface area contributed by atoms with Gasteiger partial charge >= 0.3 is 0 Å². The third kappa shape index (κ3) is 34.7. The van der Waals surface area contributed by atoms with E-state index in [9.17, 15) is 52.8 Å². The van der Waals surface area contributed by atoms with Gasteiger partial charge in [0, 0.05) is 160 Å². The van der Waals surface area contributed by atoms with Gasteiger partial charge in [0.1, 0.15) is 11.4 Å². The first-order chi connectivity index (χ1) is 69.4. The van der Waals surface area contributed by atoms with Gasteiger partial charge in [-0.15, -0.1) is 35.6 Å². The summed E-state index contributed by atoms with van der Waals surface area (Å²) >= 11 is 10.8. The number of piperazine rings is 1. The molecule has 0 radical (unpaired) electrons.